The van der Waals surface area contributed by atoms with E-state index in [1.165, 1.54) is 11.8 Å². The minimum absolute atomic E-state index is 0.0877. The molecule has 1 N–H and O–H groups in total. The molecular formula is C19H18BrN3O2S. The van der Waals surface area contributed by atoms with Crippen molar-refractivity contribution >= 4 is 56.0 Å². The molecule has 1 saturated heterocycles. The van der Waals surface area contributed by atoms with Gasteiger partial charge in [0.25, 0.3) is 0 Å². The predicted octanol–water partition coefficient (Wildman–Crippen LogP) is 4.43. The quantitative estimate of drug-likeness (QED) is 0.778. The van der Waals surface area contributed by atoms with E-state index < -0.39 is 5.25 Å². The molecule has 0 aromatic heterocycles. The maximum atomic E-state index is 12.6. The van der Waals surface area contributed by atoms with Crippen molar-refractivity contribution in [3.05, 3.63) is 59.1 Å². The Morgan fingerprint density at radius 2 is 2.04 bits per heavy atom. The summed E-state index contributed by atoms with van der Waals surface area (Å²) >= 11 is 4.71. The number of nitrogens with zero attached hydrogens (tertiary/aromatic N) is 2. The van der Waals surface area contributed by atoms with Crippen LogP contribution in [0.3, 0.4) is 0 Å². The van der Waals surface area contributed by atoms with Crippen LogP contribution in [0.4, 0.5) is 11.4 Å². The molecule has 3 rings (SSSR count). The average molecular weight is 432 g/mol. The van der Waals surface area contributed by atoms with Gasteiger partial charge in [-0.25, -0.2) is 4.99 Å². The number of halogens is 1. The zero-order chi connectivity index (χ0) is 18.5. The number of hydrogen-bond acceptors (Lipinski definition) is 4. The Kier molecular flexibility index (Phi) is 6.11. The van der Waals surface area contributed by atoms with Crippen LogP contribution in [0.25, 0.3) is 0 Å². The smallest absolute Gasteiger partial charge is 0.238 e. The summed E-state index contributed by atoms with van der Waals surface area (Å²) < 4.78 is 0.881. The van der Waals surface area contributed by atoms with Crippen LogP contribution in [0, 0.1) is 0 Å². The Morgan fingerprint density at radius 3 is 2.73 bits per heavy atom. The first-order chi connectivity index (χ1) is 12.6. The third-order valence-electron chi connectivity index (χ3n) is 3.82. The van der Waals surface area contributed by atoms with Gasteiger partial charge in [-0.15, -0.1) is 0 Å². The molecule has 2 aromatic carbocycles. The van der Waals surface area contributed by atoms with E-state index in [1.807, 2.05) is 61.5 Å². The van der Waals surface area contributed by atoms with Crippen LogP contribution in [-0.4, -0.2) is 33.7 Å². The molecule has 0 radical (unpaired) electrons. The van der Waals surface area contributed by atoms with E-state index in [-0.39, 0.29) is 18.2 Å². The van der Waals surface area contributed by atoms with Crippen molar-refractivity contribution in [1.29, 1.82) is 0 Å². The zero-order valence-corrected chi connectivity index (χ0v) is 16.6. The summed E-state index contributed by atoms with van der Waals surface area (Å²) in [4.78, 5) is 31.3. The van der Waals surface area contributed by atoms with Crippen LogP contribution in [0.5, 0.6) is 0 Å². The van der Waals surface area contributed by atoms with Crippen LogP contribution in [-0.2, 0) is 9.59 Å². The highest BCUT2D eigenvalue weighted by atomic mass is 79.9. The van der Waals surface area contributed by atoms with Gasteiger partial charge in [-0.05, 0) is 37.3 Å². The fourth-order valence-corrected chi connectivity index (χ4v) is 4.12. The van der Waals surface area contributed by atoms with Crippen molar-refractivity contribution in [2.75, 3.05) is 11.9 Å². The van der Waals surface area contributed by atoms with Gasteiger partial charge in [-0.2, -0.15) is 0 Å². The maximum absolute atomic E-state index is 12.6. The summed E-state index contributed by atoms with van der Waals surface area (Å²) in [5.74, 6) is -0.284. The highest BCUT2D eigenvalue weighted by Gasteiger charge is 2.35. The highest BCUT2D eigenvalue weighted by molar-refractivity contribution is 9.10. The summed E-state index contributed by atoms with van der Waals surface area (Å²) in [5, 5.41) is 2.93. The molecule has 134 valence electrons. The average Bonchev–Trinajstić information content (AvgIpc) is 2.62. The molecule has 0 spiro atoms. The standard InChI is InChI=1S/C19H18BrN3O2S/c1-2-23-17(24)12-16(18(25)21-15-10-6-7-13(20)11-15)26-19(23)22-14-8-4-3-5-9-14/h3-11,16H,2,12H2,1H3,(H,21,25). The lowest BCUT2D eigenvalue weighted by Crippen LogP contribution is -2.45. The van der Waals surface area contributed by atoms with E-state index in [1.54, 1.807) is 4.90 Å². The first kappa shape index (κ1) is 18.7. The summed E-state index contributed by atoms with van der Waals surface area (Å²) in [6.07, 6.45) is 0.159. The van der Waals surface area contributed by atoms with E-state index in [0.29, 0.717) is 17.4 Å². The number of nitrogens with one attached hydrogen (secondary N) is 1. The van der Waals surface area contributed by atoms with Gasteiger partial charge >= 0.3 is 0 Å². The number of aliphatic imine (C=N–C) groups is 1. The number of para-hydroxylation sites is 1. The van der Waals surface area contributed by atoms with E-state index in [2.05, 4.69) is 26.2 Å². The second kappa shape index (κ2) is 8.51. The van der Waals surface area contributed by atoms with Crippen LogP contribution in [0.2, 0.25) is 0 Å². The number of amidine groups is 1. The predicted molar refractivity (Wildman–Crippen MR) is 110 cm³/mol. The number of rotatable bonds is 4. The Bertz CT molecular complexity index is 842. The minimum atomic E-state index is -0.508. The molecule has 0 bridgehead atoms. The van der Waals surface area contributed by atoms with Gasteiger partial charge in [0.15, 0.2) is 5.17 Å². The molecule has 1 heterocycles. The lowest BCUT2D eigenvalue weighted by atomic mass is 10.2. The van der Waals surface area contributed by atoms with Crippen molar-refractivity contribution in [3.63, 3.8) is 0 Å². The molecule has 1 atom stereocenters. The lowest BCUT2D eigenvalue weighted by molar-refractivity contribution is -0.129. The molecule has 1 fully saturated rings. The topological polar surface area (TPSA) is 61.8 Å². The van der Waals surface area contributed by atoms with E-state index in [9.17, 15) is 9.59 Å². The van der Waals surface area contributed by atoms with Crippen molar-refractivity contribution in [3.8, 4) is 0 Å². The second-order valence-corrected chi connectivity index (χ2v) is 7.76. The van der Waals surface area contributed by atoms with Crippen molar-refractivity contribution < 1.29 is 9.59 Å². The van der Waals surface area contributed by atoms with Crippen molar-refractivity contribution in [2.45, 2.75) is 18.6 Å². The van der Waals surface area contributed by atoms with Gasteiger partial charge < -0.3 is 5.32 Å². The Morgan fingerprint density at radius 1 is 1.27 bits per heavy atom. The molecule has 26 heavy (non-hydrogen) atoms. The molecule has 2 amide bonds. The van der Waals surface area contributed by atoms with E-state index in [4.69, 9.17) is 0 Å². The molecule has 7 heteroatoms. The van der Waals surface area contributed by atoms with Gasteiger partial charge in [0.05, 0.1) is 5.69 Å². The number of carbonyl (C=O) groups is 2. The number of anilines is 1. The van der Waals surface area contributed by atoms with Crippen molar-refractivity contribution in [2.24, 2.45) is 4.99 Å². The van der Waals surface area contributed by atoms with E-state index >= 15 is 0 Å². The SMILES string of the molecule is CCN1C(=O)CC(C(=O)Nc2cccc(Br)c2)SC1=Nc1ccccc1. The largest absolute Gasteiger partial charge is 0.325 e. The highest BCUT2D eigenvalue weighted by Crippen LogP contribution is 2.29. The van der Waals surface area contributed by atoms with Gasteiger partial charge in [0.2, 0.25) is 11.8 Å². The summed E-state index contributed by atoms with van der Waals surface area (Å²) in [5.41, 5.74) is 1.45. The number of amides is 2. The molecule has 1 unspecified atom stereocenters. The number of carbonyl (C=O) groups excluding carboxylic acids is 2. The normalized spacial score (nSPS) is 18.8. The molecule has 0 saturated carbocycles. The molecule has 1 aliphatic heterocycles. The third-order valence-corrected chi connectivity index (χ3v) is 5.50. The Labute approximate surface area is 165 Å². The first-order valence-electron chi connectivity index (χ1n) is 8.24. The lowest BCUT2D eigenvalue weighted by Gasteiger charge is -2.30. The molecule has 1 aliphatic rings. The molecular weight excluding hydrogens is 414 g/mol. The molecule has 5 nitrogen and oxygen atoms in total. The number of hydrogen-bond donors (Lipinski definition) is 1. The first-order valence-corrected chi connectivity index (χ1v) is 9.91. The summed E-state index contributed by atoms with van der Waals surface area (Å²) in [6.45, 7) is 2.43. The molecule has 2 aromatic rings. The summed E-state index contributed by atoms with van der Waals surface area (Å²) in [6, 6.07) is 16.8. The van der Waals surface area contributed by atoms with Crippen LogP contribution >= 0.6 is 27.7 Å². The Balaban J connectivity index is 1.80. The minimum Gasteiger partial charge on any atom is -0.325 e. The van der Waals surface area contributed by atoms with Crippen LogP contribution in [0.15, 0.2) is 64.1 Å². The van der Waals surface area contributed by atoms with Gasteiger partial charge in [0.1, 0.15) is 5.25 Å². The summed E-state index contributed by atoms with van der Waals surface area (Å²) in [7, 11) is 0. The van der Waals surface area contributed by atoms with E-state index in [0.717, 1.165) is 10.2 Å². The van der Waals surface area contributed by atoms with Crippen LogP contribution < -0.4 is 5.32 Å². The number of thioether (sulfide) groups is 1. The second-order valence-electron chi connectivity index (χ2n) is 5.68. The monoisotopic (exact) mass is 431 g/mol. The van der Waals surface area contributed by atoms with Gasteiger partial charge in [-0.1, -0.05) is 52.0 Å². The maximum Gasteiger partial charge on any atom is 0.238 e. The fraction of sp³-hybridized carbons (Fsp3) is 0.211. The van der Waals surface area contributed by atoms with Crippen LogP contribution in [0.1, 0.15) is 13.3 Å². The van der Waals surface area contributed by atoms with Gasteiger partial charge in [-0.3, -0.25) is 14.5 Å². The number of benzene rings is 2. The zero-order valence-electron chi connectivity index (χ0n) is 14.2. The fourth-order valence-electron chi connectivity index (χ4n) is 2.55. The van der Waals surface area contributed by atoms with Crippen molar-refractivity contribution in [1.82, 2.24) is 4.90 Å². The van der Waals surface area contributed by atoms with Gasteiger partial charge in [0, 0.05) is 23.1 Å². The Hall–Kier alpha value is -2.12. The molecule has 0 aliphatic carbocycles. The third kappa shape index (κ3) is 4.53.